The van der Waals surface area contributed by atoms with Crippen LogP contribution >= 0.6 is 0 Å². The molecule has 2 rings (SSSR count). The number of amides is 3. The van der Waals surface area contributed by atoms with E-state index in [9.17, 15) is 14.4 Å². The van der Waals surface area contributed by atoms with Crippen LogP contribution in [0.1, 0.15) is 62.9 Å². The fraction of sp³-hybridized carbons (Fsp3) is 0.444. The van der Waals surface area contributed by atoms with Crippen molar-refractivity contribution in [3.63, 3.8) is 0 Å². The van der Waals surface area contributed by atoms with Crippen molar-refractivity contribution in [2.45, 2.75) is 72.7 Å². The van der Waals surface area contributed by atoms with Crippen LogP contribution in [-0.2, 0) is 20.9 Å². The van der Waals surface area contributed by atoms with Gasteiger partial charge in [-0.25, -0.2) is 4.79 Å². The van der Waals surface area contributed by atoms with Crippen LogP contribution in [0.25, 0.3) is 0 Å². The first-order valence-electron chi connectivity index (χ1n) is 11.6. The van der Waals surface area contributed by atoms with Gasteiger partial charge in [0.25, 0.3) is 0 Å². The van der Waals surface area contributed by atoms with Gasteiger partial charge in [-0.1, -0.05) is 48.5 Å². The highest BCUT2D eigenvalue weighted by atomic mass is 16.6. The molecule has 0 saturated carbocycles. The molecular formula is C27H37N3O4. The van der Waals surface area contributed by atoms with E-state index in [0.717, 1.165) is 22.3 Å². The van der Waals surface area contributed by atoms with Crippen molar-refractivity contribution in [2.24, 2.45) is 0 Å². The summed E-state index contributed by atoms with van der Waals surface area (Å²) >= 11 is 0. The van der Waals surface area contributed by atoms with Crippen LogP contribution in [0.3, 0.4) is 0 Å². The number of carbonyl (C=O) groups is 3. The molecule has 0 heterocycles. The number of hydrogen-bond donors (Lipinski definition) is 2. The van der Waals surface area contributed by atoms with E-state index in [4.69, 9.17) is 4.74 Å². The summed E-state index contributed by atoms with van der Waals surface area (Å²) in [5.74, 6) is -0.647. The molecule has 3 amide bonds. The molecule has 0 radical (unpaired) electrons. The molecule has 34 heavy (non-hydrogen) atoms. The Balaban J connectivity index is 2.33. The zero-order valence-corrected chi connectivity index (χ0v) is 21.3. The van der Waals surface area contributed by atoms with Gasteiger partial charge in [-0.05, 0) is 70.7 Å². The van der Waals surface area contributed by atoms with Crippen LogP contribution in [0.4, 0.5) is 4.79 Å². The first kappa shape index (κ1) is 26.9. The third-order valence-electron chi connectivity index (χ3n) is 5.54. The van der Waals surface area contributed by atoms with E-state index in [1.165, 1.54) is 4.90 Å². The molecule has 0 aliphatic rings. The molecule has 2 N–H and O–H groups in total. The monoisotopic (exact) mass is 467 g/mol. The Morgan fingerprint density at radius 2 is 1.65 bits per heavy atom. The Kier molecular flexibility index (Phi) is 9.24. The lowest BCUT2D eigenvalue weighted by molar-refractivity contribution is -0.142. The van der Waals surface area contributed by atoms with Crippen LogP contribution < -0.4 is 10.6 Å². The largest absolute Gasteiger partial charge is 0.444 e. The van der Waals surface area contributed by atoms with Crippen molar-refractivity contribution >= 4 is 17.9 Å². The molecule has 2 aromatic carbocycles. The second-order valence-electron chi connectivity index (χ2n) is 9.39. The van der Waals surface area contributed by atoms with Gasteiger partial charge >= 0.3 is 6.09 Å². The number of ether oxygens (including phenoxy) is 1. The molecule has 0 aliphatic carbocycles. The second-order valence-corrected chi connectivity index (χ2v) is 9.39. The Morgan fingerprint density at radius 3 is 2.24 bits per heavy atom. The summed E-state index contributed by atoms with van der Waals surface area (Å²) in [4.78, 5) is 40.7. The molecule has 0 spiro atoms. The maximum absolute atomic E-state index is 13.5. The highest BCUT2D eigenvalue weighted by molar-refractivity contribution is 5.92. The number of rotatable bonds is 8. The Labute approximate surface area is 202 Å². The predicted octanol–water partition coefficient (Wildman–Crippen LogP) is 4.42. The molecule has 7 nitrogen and oxygen atoms in total. The molecule has 0 bridgehead atoms. The molecule has 0 aromatic heterocycles. The smallest absolute Gasteiger partial charge is 0.408 e. The van der Waals surface area contributed by atoms with Crippen molar-refractivity contribution < 1.29 is 19.1 Å². The SMILES string of the molecule is CCN(C(=O)C(C)NC(=O)OC(C)(C)C)C(C(=O)NCc1ccccc1)c1cccc(C)c1C. The first-order chi connectivity index (χ1) is 15.9. The lowest BCUT2D eigenvalue weighted by Gasteiger charge is -2.33. The number of nitrogens with one attached hydrogen (secondary N) is 2. The third kappa shape index (κ3) is 7.33. The highest BCUT2D eigenvalue weighted by Gasteiger charge is 2.34. The van der Waals surface area contributed by atoms with Crippen molar-refractivity contribution in [1.82, 2.24) is 15.5 Å². The summed E-state index contributed by atoms with van der Waals surface area (Å²) in [5, 5.41) is 5.58. The number of hydrogen-bond acceptors (Lipinski definition) is 4. The molecule has 7 heteroatoms. The minimum Gasteiger partial charge on any atom is -0.444 e. The summed E-state index contributed by atoms with van der Waals surface area (Å²) in [6, 6.07) is 13.6. The minimum atomic E-state index is -0.871. The van der Waals surface area contributed by atoms with E-state index in [0.29, 0.717) is 6.54 Å². The molecule has 2 aromatic rings. The fourth-order valence-corrected chi connectivity index (χ4v) is 3.66. The standard InChI is InChI=1S/C27H37N3O4/c1-8-30(25(32)20(4)29-26(33)34-27(5,6)7)23(22-16-12-13-18(2)19(22)3)24(31)28-17-21-14-10-9-11-15-21/h9-16,20,23H,8,17H2,1-7H3,(H,28,31)(H,29,33). The molecule has 0 saturated heterocycles. The van der Waals surface area contributed by atoms with Gasteiger partial charge in [-0.2, -0.15) is 0 Å². The van der Waals surface area contributed by atoms with E-state index in [1.807, 2.05) is 69.3 Å². The number of benzene rings is 2. The quantitative estimate of drug-likeness (QED) is 0.602. The van der Waals surface area contributed by atoms with Gasteiger partial charge in [0.05, 0.1) is 0 Å². The predicted molar refractivity (Wildman–Crippen MR) is 133 cm³/mol. The van der Waals surface area contributed by atoms with Crippen LogP contribution in [0.15, 0.2) is 48.5 Å². The van der Waals surface area contributed by atoms with E-state index in [-0.39, 0.29) is 18.4 Å². The molecule has 184 valence electrons. The Hall–Kier alpha value is -3.35. The van der Waals surface area contributed by atoms with Crippen molar-refractivity contribution in [1.29, 1.82) is 0 Å². The lowest BCUT2D eigenvalue weighted by Crippen LogP contribution is -2.52. The summed E-state index contributed by atoms with van der Waals surface area (Å²) in [6.45, 7) is 13.2. The van der Waals surface area contributed by atoms with Gasteiger partial charge in [0.1, 0.15) is 17.7 Å². The molecule has 0 aliphatic heterocycles. The third-order valence-corrected chi connectivity index (χ3v) is 5.54. The van der Waals surface area contributed by atoms with Gasteiger partial charge < -0.3 is 20.3 Å². The summed E-state index contributed by atoms with van der Waals surface area (Å²) in [6.07, 6.45) is -0.679. The molecule has 2 unspecified atom stereocenters. The van der Waals surface area contributed by atoms with Crippen LogP contribution in [-0.4, -0.2) is 41.0 Å². The number of likely N-dealkylation sites (N-methyl/N-ethyl adjacent to an activating group) is 1. The van der Waals surface area contributed by atoms with Gasteiger partial charge in [-0.3, -0.25) is 9.59 Å². The Bertz CT molecular complexity index is 999. The molecule has 0 fully saturated rings. The van der Waals surface area contributed by atoms with Crippen LogP contribution in [0.5, 0.6) is 0 Å². The zero-order chi connectivity index (χ0) is 25.5. The van der Waals surface area contributed by atoms with E-state index in [1.54, 1.807) is 27.7 Å². The number of nitrogens with zero attached hydrogens (tertiary/aromatic N) is 1. The summed E-state index contributed by atoms with van der Waals surface area (Å²) < 4.78 is 5.29. The van der Waals surface area contributed by atoms with Crippen LogP contribution in [0, 0.1) is 13.8 Å². The normalized spacial score (nSPS) is 12.9. The lowest BCUT2D eigenvalue weighted by atomic mass is 9.95. The molecular weight excluding hydrogens is 430 g/mol. The number of carbonyl (C=O) groups excluding carboxylic acids is 3. The van der Waals surface area contributed by atoms with Crippen molar-refractivity contribution in [3.8, 4) is 0 Å². The van der Waals surface area contributed by atoms with Crippen molar-refractivity contribution in [3.05, 3.63) is 70.8 Å². The fourth-order valence-electron chi connectivity index (χ4n) is 3.66. The maximum Gasteiger partial charge on any atom is 0.408 e. The minimum absolute atomic E-state index is 0.280. The maximum atomic E-state index is 13.5. The first-order valence-corrected chi connectivity index (χ1v) is 11.6. The molecule has 2 atom stereocenters. The second kappa shape index (κ2) is 11.7. The Morgan fingerprint density at radius 1 is 1.00 bits per heavy atom. The topological polar surface area (TPSA) is 87.7 Å². The van der Waals surface area contributed by atoms with Gasteiger partial charge in [-0.15, -0.1) is 0 Å². The average molecular weight is 468 g/mol. The average Bonchev–Trinajstić information content (AvgIpc) is 2.77. The zero-order valence-electron chi connectivity index (χ0n) is 21.3. The highest BCUT2D eigenvalue weighted by Crippen LogP contribution is 2.27. The van der Waals surface area contributed by atoms with Gasteiger partial charge in [0, 0.05) is 13.1 Å². The van der Waals surface area contributed by atoms with Gasteiger partial charge in [0.2, 0.25) is 11.8 Å². The van der Waals surface area contributed by atoms with Crippen LogP contribution in [0.2, 0.25) is 0 Å². The summed E-state index contributed by atoms with van der Waals surface area (Å²) in [5.41, 5.74) is 3.01. The number of aryl methyl sites for hydroxylation is 1. The number of alkyl carbamates (subject to hydrolysis) is 1. The van der Waals surface area contributed by atoms with E-state index >= 15 is 0 Å². The van der Waals surface area contributed by atoms with Gasteiger partial charge in [0.15, 0.2) is 0 Å². The van der Waals surface area contributed by atoms with Crippen molar-refractivity contribution in [2.75, 3.05) is 6.54 Å². The summed E-state index contributed by atoms with van der Waals surface area (Å²) in [7, 11) is 0. The van der Waals surface area contributed by atoms with E-state index in [2.05, 4.69) is 10.6 Å². The van der Waals surface area contributed by atoms with E-state index < -0.39 is 23.8 Å².